The number of aromatic amines is 1. The number of rotatable bonds is 2. The molecule has 1 aliphatic rings. The van der Waals surface area contributed by atoms with Gasteiger partial charge in [-0.15, -0.1) is 0 Å². The third-order valence-corrected chi connectivity index (χ3v) is 4.55. The maximum atomic E-state index is 12.2. The summed E-state index contributed by atoms with van der Waals surface area (Å²) in [6.07, 6.45) is 1.76. The maximum absolute atomic E-state index is 12.2. The Morgan fingerprint density at radius 1 is 1.00 bits per heavy atom. The van der Waals surface area contributed by atoms with Crippen molar-refractivity contribution in [2.75, 3.05) is 0 Å². The Kier molecular flexibility index (Phi) is 3.35. The average molecular weight is 366 g/mol. The summed E-state index contributed by atoms with van der Waals surface area (Å²) in [4.78, 5) is 19.9. The van der Waals surface area contributed by atoms with E-state index in [0.29, 0.717) is 11.5 Å². The second kappa shape index (κ2) is 5.52. The molecule has 0 bridgehead atoms. The number of aliphatic imine (C=N–C) groups is 1. The second-order valence-electron chi connectivity index (χ2n) is 5.21. The van der Waals surface area contributed by atoms with Crippen LogP contribution in [0.15, 0.2) is 69.8 Å². The molecule has 2 heterocycles. The minimum atomic E-state index is -0.200. The zero-order valence-electron chi connectivity index (χ0n) is 12.0. The van der Waals surface area contributed by atoms with Crippen LogP contribution in [0.3, 0.4) is 0 Å². The van der Waals surface area contributed by atoms with Gasteiger partial charge in [0.15, 0.2) is 0 Å². The largest absolute Gasteiger partial charge is 0.354 e. The Bertz CT molecular complexity index is 970. The van der Waals surface area contributed by atoms with Gasteiger partial charge in [0.05, 0.1) is 10.2 Å². The van der Waals surface area contributed by atoms with E-state index in [0.717, 1.165) is 26.6 Å². The molecule has 1 aromatic heterocycles. The summed E-state index contributed by atoms with van der Waals surface area (Å²) >= 11 is 3.58. The molecule has 4 nitrogen and oxygen atoms in total. The minimum absolute atomic E-state index is 0.200. The van der Waals surface area contributed by atoms with E-state index in [1.165, 1.54) is 0 Å². The summed E-state index contributed by atoms with van der Waals surface area (Å²) in [6, 6.07) is 17.6. The first kappa shape index (κ1) is 14.0. The Balaban J connectivity index is 1.77. The highest BCUT2D eigenvalue weighted by atomic mass is 79.9. The Morgan fingerprint density at radius 3 is 2.52 bits per heavy atom. The zero-order chi connectivity index (χ0) is 15.8. The summed E-state index contributed by atoms with van der Waals surface area (Å²) in [5.74, 6) is 0.378. The van der Waals surface area contributed by atoms with Crippen molar-refractivity contribution in [1.82, 2.24) is 10.3 Å². The summed E-state index contributed by atoms with van der Waals surface area (Å²) in [6.45, 7) is 0. The number of nitrogens with one attached hydrogen (secondary N) is 2. The number of aromatic nitrogens is 1. The molecular formula is C18H12BrN3O. The molecule has 0 saturated carbocycles. The SMILES string of the molecule is O=C1NC(c2ccccc2)=N/C1=C\c1[nH]c2ccccc2c1Br. The van der Waals surface area contributed by atoms with Gasteiger partial charge in [-0.1, -0.05) is 48.5 Å². The molecule has 23 heavy (non-hydrogen) atoms. The number of benzene rings is 2. The van der Waals surface area contributed by atoms with Crippen LogP contribution < -0.4 is 5.32 Å². The van der Waals surface area contributed by atoms with Gasteiger partial charge >= 0.3 is 0 Å². The molecular weight excluding hydrogens is 354 g/mol. The van der Waals surface area contributed by atoms with Crippen LogP contribution in [0.5, 0.6) is 0 Å². The lowest BCUT2D eigenvalue weighted by Crippen LogP contribution is -2.24. The van der Waals surface area contributed by atoms with E-state index in [-0.39, 0.29) is 5.91 Å². The van der Waals surface area contributed by atoms with Crippen molar-refractivity contribution in [3.63, 3.8) is 0 Å². The fourth-order valence-electron chi connectivity index (χ4n) is 2.57. The Morgan fingerprint density at radius 2 is 1.74 bits per heavy atom. The lowest BCUT2D eigenvalue weighted by atomic mass is 10.2. The highest BCUT2D eigenvalue weighted by molar-refractivity contribution is 9.10. The number of amides is 1. The molecule has 0 fully saturated rings. The van der Waals surface area contributed by atoms with Crippen LogP contribution in [-0.4, -0.2) is 16.7 Å². The van der Waals surface area contributed by atoms with E-state index >= 15 is 0 Å². The topological polar surface area (TPSA) is 57.2 Å². The first-order chi connectivity index (χ1) is 11.2. The third kappa shape index (κ3) is 2.49. The molecule has 0 aliphatic carbocycles. The standard InChI is InChI=1S/C18H12BrN3O/c19-16-12-8-4-5-9-13(12)20-14(16)10-15-18(23)22-17(21-15)11-6-2-1-3-7-11/h1-10,20H,(H,21,22,23)/b15-10-. The van der Waals surface area contributed by atoms with Gasteiger partial charge < -0.3 is 10.3 Å². The number of hydrogen-bond donors (Lipinski definition) is 2. The molecule has 1 amide bonds. The first-order valence-electron chi connectivity index (χ1n) is 7.16. The highest BCUT2D eigenvalue weighted by Gasteiger charge is 2.21. The average Bonchev–Trinajstić information content (AvgIpc) is 3.10. The van der Waals surface area contributed by atoms with Gasteiger partial charge in [0, 0.05) is 16.5 Å². The molecule has 112 valence electrons. The molecule has 2 aromatic carbocycles. The number of H-pyrrole nitrogens is 1. The monoisotopic (exact) mass is 365 g/mol. The molecule has 3 aromatic rings. The zero-order valence-corrected chi connectivity index (χ0v) is 13.6. The molecule has 0 unspecified atom stereocenters. The number of amidine groups is 1. The van der Waals surface area contributed by atoms with Crippen LogP contribution in [0.4, 0.5) is 0 Å². The van der Waals surface area contributed by atoms with Gasteiger partial charge in [-0.25, -0.2) is 4.99 Å². The number of para-hydroxylation sites is 1. The number of nitrogens with zero attached hydrogens (tertiary/aromatic N) is 1. The van der Waals surface area contributed by atoms with Gasteiger partial charge in [-0.2, -0.15) is 0 Å². The van der Waals surface area contributed by atoms with Crippen LogP contribution in [0.1, 0.15) is 11.3 Å². The second-order valence-corrected chi connectivity index (χ2v) is 6.00. The summed E-state index contributed by atoms with van der Waals surface area (Å²) in [7, 11) is 0. The fourth-order valence-corrected chi connectivity index (χ4v) is 3.13. The van der Waals surface area contributed by atoms with Gasteiger partial charge in [0.2, 0.25) is 0 Å². The van der Waals surface area contributed by atoms with Crippen molar-refractivity contribution >= 4 is 44.7 Å². The molecule has 5 heteroatoms. The van der Waals surface area contributed by atoms with E-state index in [4.69, 9.17) is 0 Å². The third-order valence-electron chi connectivity index (χ3n) is 3.69. The van der Waals surface area contributed by atoms with Crippen LogP contribution in [0, 0.1) is 0 Å². The van der Waals surface area contributed by atoms with Crippen molar-refractivity contribution < 1.29 is 4.79 Å². The van der Waals surface area contributed by atoms with Gasteiger partial charge in [-0.05, 0) is 28.1 Å². The smallest absolute Gasteiger partial charge is 0.275 e. The van der Waals surface area contributed by atoms with Crippen LogP contribution in [0.25, 0.3) is 17.0 Å². The lowest BCUT2D eigenvalue weighted by molar-refractivity contribution is -0.115. The predicted octanol–water partition coefficient (Wildman–Crippen LogP) is 3.85. The maximum Gasteiger partial charge on any atom is 0.275 e. The molecule has 0 atom stereocenters. The van der Waals surface area contributed by atoms with E-state index in [1.54, 1.807) is 6.08 Å². The molecule has 0 spiro atoms. The fraction of sp³-hybridized carbons (Fsp3) is 0. The molecule has 4 rings (SSSR count). The van der Waals surface area contributed by atoms with Gasteiger partial charge in [0.1, 0.15) is 11.5 Å². The normalized spacial score (nSPS) is 16.0. The van der Waals surface area contributed by atoms with Gasteiger partial charge in [-0.3, -0.25) is 4.79 Å². The van der Waals surface area contributed by atoms with E-state index in [9.17, 15) is 4.79 Å². The number of halogens is 1. The van der Waals surface area contributed by atoms with Gasteiger partial charge in [0.25, 0.3) is 5.91 Å². The van der Waals surface area contributed by atoms with Crippen molar-refractivity contribution in [3.05, 3.63) is 76.0 Å². The van der Waals surface area contributed by atoms with Crippen LogP contribution in [-0.2, 0) is 4.79 Å². The van der Waals surface area contributed by atoms with Crippen molar-refractivity contribution in [2.24, 2.45) is 4.99 Å². The van der Waals surface area contributed by atoms with E-state index < -0.39 is 0 Å². The molecule has 0 radical (unpaired) electrons. The predicted molar refractivity (Wildman–Crippen MR) is 95.1 cm³/mol. The van der Waals surface area contributed by atoms with Crippen molar-refractivity contribution in [3.8, 4) is 0 Å². The summed E-state index contributed by atoms with van der Waals surface area (Å²) < 4.78 is 0.928. The van der Waals surface area contributed by atoms with Crippen molar-refractivity contribution in [2.45, 2.75) is 0 Å². The highest BCUT2D eigenvalue weighted by Crippen LogP contribution is 2.29. The number of hydrogen-bond acceptors (Lipinski definition) is 2. The number of fused-ring (bicyclic) bond motifs is 1. The van der Waals surface area contributed by atoms with Crippen LogP contribution >= 0.6 is 15.9 Å². The van der Waals surface area contributed by atoms with Crippen molar-refractivity contribution in [1.29, 1.82) is 0 Å². The van der Waals surface area contributed by atoms with E-state index in [1.807, 2.05) is 54.6 Å². The summed E-state index contributed by atoms with van der Waals surface area (Å²) in [5, 5.41) is 3.88. The minimum Gasteiger partial charge on any atom is -0.354 e. The Hall–Kier alpha value is -2.66. The molecule has 1 aliphatic heterocycles. The first-order valence-corrected chi connectivity index (χ1v) is 7.95. The van der Waals surface area contributed by atoms with Crippen LogP contribution in [0.2, 0.25) is 0 Å². The molecule has 2 N–H and O–H groups in total. The summed E-state index contributed by atoms with van der Waals surface area (Å²) in [5.41, 5.74) is 3.11. The van der Waals surface area contributed by atoms with E-state index in [2.05, 4.69) is 31.2 Å². The Labute approximate surface area is 141 Å². The number of carbonyl (C=O) groups is 1. The lowest BCUT2D eigenvalue weighted by Gasteiger charge is -1.98. The quantitative estimate of drug-likeness (QED) is 0.665. The molecule has 0 saturated heterocycles. The number of carbonyl (C=O) groups excluding carboxylic acids is 1.